The SMILES string of the molecule is Cc1ccc(C[C@@H]2CC(=O)N(c3nccs3)C2=O)cc1. The zero-order valence-corrected chi connectivity index (χ0v) is 11.9. The molecule has 0 aliphatic carbocycles. The third-order valence-electron chi connectivity index (χ3n) is 3.45. The number of imide groups is 1. The van der Waals surface area contributed by atoms with Gasteiger partial charge in [0.1, 0.15) is 0 Å². The van der Waals surface area contributed by atoms with Crippen LogP contribution in [-0.4, -0.2) is 16.8 Å². The maximum absolute atomic E-state index is 12.4. The molecule has 1 aromatic carbocycles. The van der Waals surface area contributed by atoms with Crippen molar-refractivity contribution in [1.29, 1.82) is 0 Å². The number of aromatic nitrogens is 1. The molecular formula is C15H14N2O2S. The lowest BCUT2D eigenvalue weighted by molar-refractivity contribution is -0.122. The summed E-state index contributed by atoms with van der Waals surface area (Å²) in [6.45, 7) is 2.03. The second-order valence-electron chi connectivity index (χ2n) is 4.97. The van der Waals surface area contributed by atoms with Crippen LogP contribution in [0, 0.1) is 12.8 Å². The maximum atomic E-state index is 12.4. The molecule has 3 rings (SSSR count). The number of carbonyl (C=O) groups is 2. The Bertz CT molecular complexity index is 634. The molecular weight excluding hydrogens is 272 g/mol. The first-order chi connectivity index (χ1) is 9.65. The van der Waals surface area contributed by atoms with Crippen LogP contribution in [0.25, 0.3) is 0 Å². The number of aryl methyl sites for hydroxylation is 1. The lowest BCUT2D eigenvalue weighted by atomic mass is 9.97. The average Bonchev–Trinajstić information content (AvgIpc) is 3.02. The number of benzene rings is 1. The Morgan fingerprint density at radius 3 is 2.70 bits per heavy atom. The quantitative estimate of drug-likeness (QED) is 0.815. The molecule has 1 atom stereocenters. The summed E-state index contributed by atoms with van der Waals surface area (Å²) in [4.78, 5) is 29.6. The summed E-state index contributed by atoms with van der Waals surface area (Å²) in [5.74, 6) is -0.554. The highest BCUT2D eigenvalue weighted by molar-refractivity contribution is 7.14. The van der Waals surface area contributed by atoms with Gasteiger partial charge < -0.3 is 0 Å². The fourth-order valence-electron chi connectivity index (χ4n) is 2.39. The standard InChI is InChI=1S/C15H14N2O2S/c1-10-2-4-11(5-3-10)8-12-9-13(18)17(14(12)19)15-16-6-7-20-15/h2-7,12H,8-9H2,1H3/t12-/m1/s1. The Kier molecular flexibility index (Phi) is 3.36. The van der Waals surface area contributed by atoms with Gasteiger partial charge in [-0.25, -0.2) is 9.88 Å². The van der Waals surface area contributed by atoms with Crippen LogP contribution in [0.2, 0.25) is 0 Å². The molecule has 2 heterocycles. The topological polar surface area (TPSA) is 50.3 Å². The summed E-state index contributed by atoms with van der Waals surface area (Å²) in [5, 5.41) is 2.25. The van der Waals surface area contributed by atoms with Crippen LogP contribution in [0.15, 0.2) is 35.8 Å². The van der Waals surface area contributed by atoms with Crippen molar-refractivity contribution in [2.24, 2.45) is 5.92 Å². The van der Waals surface area contributed by atoms with Gasteiger partial charge in [-0.05, 0) is 18.9 Å². The van der Waals surface area contributed by atoms with E-state index in [-0.39, 0.29) is 24.2 Å². The van der Waals surface area contributed by atoms with E-state index in [0.717, 1.165) is 5.56 Å². The molecule has 0 saturated carbocycles. The van der Waals surface area contributed by atoms with Gasteiger partial charge in [0.15, 0.2) is 5.13 Å². The van der Waals surface area contributed by atoms with Crippen LogP contribution in [0.5, 0.6) is 0 Å². The van der Waals surface area contributed by atoms with Crippen molar-refractivity contribution < 1.29 is 9.59 Å². The molecule has 0 spiro atoms. The monoisotopic (exact) mass is 286 g/mol. The fraction of sp³-hybridized carbons (Fsp3) is 0.267. The molecule has 5 heteroatoms. The predicted octanol–water partition coefficient (Wildman–Crippen LogP) is 2.57. The van der Waals surface area contributed by atoms with Crippen LogP contribution in [0.4, 0.5) is 5.13 Å². The molecule has 1 saturated heterocycles. The molecule has 1 aromatic heterocycles. The molecule has 20 heavy (non-hydrogen) atoms. The lowest BCUT2D eigenvalue weighted by Crippen LogP contribution is -2.30. The van der Waals surface area contributed by atoms with E-state index in [1.54, 1.807) is 11.6 Å². The Labute approximate surface area is 121 Å². The molecule has 2 amide bonds. The third-order valence-corrected chi connectivity index (χ3v) is 4.21. The normalized spacial score (nSPS) is 18.9. The number of hydrogen-bond acceptors (Lipinski definition) is 4. The van der Waals surface area contributed by atoms with Crippen molar-refractivity contribution in [2.45, 2.75) is 19.8 Å². The minimum Gasteiger partial charge on any atom is -0.274 e. The average molecular weight is 286 g/mol. The van der Waals surface area contributed by atoms with E-state index in [0.29, 0.717) is 11.6 Å². The number of hydrogen-bond donors (Lipinski definition) is 0. The summed E-state index contributed by atoms with van der Waals surface area (Å²) in [5.41, 5.74) is 2.27. The largest absolute Gasteiger partial charge is 0.274 e. The van der Waals surface area contributed by atoms with Crippen molar-refractivity contribution >= 4 is 28.3 Å². The number of amides is 2. The minimum atomic E-state index is -0.269. The highest BCUT2D eigenvalue weighted by Crippen LogP contribution is 2.29. The summed E-state index contributed by atoms with van der Waals surface area (Å²) < 4.78 is 0. The first-order valence-corrected chi connectivity index (χ1v) is 7.35. The van der Waals surface area contributed by atoms with Gasteiger partial charge in [0.2, 0.25) is 11.8 Å². The molecule has 0 radical (unpaired) electrons. The van der Waals surface area contributed by atoms with E-state index >= 15 is 0 Å². The maximum Gasteiger partial charge on any atom is 0.239 e. The van der Waals surface area contributed by atoms with E-state index < -0.39 is 0 Å². The smallest absolute Gasteiger partial charge is 0.239 e. The molecule has 0 bridgehead atoms. The summed E-state index contributed by atoms with van der Waals surface area (Å²) in [6.07, 6.45) is 2.48. The highest BCUT2D eigenvalue weighted by atomic mass is 32.1. The van der Waals surface area contributed by atoms with Gasteiger partial charge in [-0.15, -0.1) is 11.3 Å². The Morgan fingerprint density at radius 2 is 2.05 bits per heavy atom. The number of anilines is 1. The van der Waals surface area contributed by atoms with E-state index in [1.807, 2.05) is 31.2 Å². The first-order valence-electron chi connectivity index (χ1n) is 6.47. The highest BCUT2D eigenvalue weighted by Gasteiger charge is 2.40. The van der Waals surface area contributed by atoms with Gasteiger partial charge in [0.25, 0.3) is 0 Å². The third kappa shape index (κ3) is 2.36. The Hall–Kier alpha value is -2.01. The van der Waals surface area contributed by atoms with Crippen molar-refractivity contribution in [3.63, 3.8) is 0 Å². The fourth-order valence-corrected chi connectivity index (χ4v) is 3.05. The van der Waals surface area contributed by atoms with Crippen molar-refractivity contribution in [3.05, 3.63) is 47.0 Å². The molecule has 2 aromatic rings. The lowest BCUT2D eigenvalue weighted by Gasteiger charge is -2.11. The second kappa shape index (κ2) is 5.17. The molecule has 0 N–H and O–H groups in total. The molecule has 4 nitrogen and oxygen atoms in total. The van der Waals surface area contributed by atoms with E-state index in [4.69, 9.17) is 0 Å². The molecule has 102 valence electrons. The summed E-state index contributed by atoms with van der Waals surface area (Å²) in [7, 11) is 0. The van der Waals surface area contributed by atoms with Gasteiger partial charge >= 0.3 is 0 Å². The molecule has 1 fully saturated rings. The van der Waals surface area contributed by atoms with Crippen LogP contribution in [0.1, 0.15) is 17.5 Å². The van der Waals surface area contributed by atoms with Gasteiger partial charge in [-0.3, -0.25) is 9.59 Å². The van der Waals surface area contributed by atoms with Gasteiger partial charge in [0, 0.05) is 18.0 Å². The first kappa shape index (κ1) is 13.0. The zero-order valence-electron chi connectivity index (χ0n) is 11.1. The van der Waals surface area contributed by atoms with Gasteiger partial charge in [-0.1, -0.05) is 29.8 Å². The van der Waals surface area contributed by atoms with E-state index in [9.17, 15) is 9.59 Å². The zero-order chi connectivity index (χ0) is 14.1. The van der Waals surface area contributed by atoms with Gasteiger partial charge in [-0.2, -0.15) is 0 Å². The molecule has 1 aliphatic heterocycles. The second-order valence-corrected chi connectivity index (χ2v) is 5.85. The van der Waals surface area contributed by atoms with E-state index in [2.05, 4.69) is 4.98 Å². The van der Waals surface area contributed by atoms with Crippen LogP contribution in [0.3, 0.4) is 0 Å². The Balaban J connectivity index is 1.78. The van der Waals surface area contributed by atoms with Crippen LogP contribution >= 0.6 is 11.3 Å². The number of rotatable bonds is 3. The number of thiazole rings is 1. The van der Waals surface area contributed by atoms with E-state index in [1.165, 1.54) is 21.8 Å². The number of carbonyl (C=O) groups excluding carboxylic acids is 2. The van der Waals surface area contributed by atoms with Gasteiger partial charge in [0.05, 0.1) is 5.92 Å². The molecule has 1 aliphatic rings. The van der Waals surface area contributed by atoms with Crippen LogP contribution < -0.4 is 4.90 Å². The minimum absolute atomic E-state index is 0.134. The molecule has 0 unspecified atom stereocenters. The number of nitrogens with zero attached hydrogens (tertiary/aromatic N) is 2. The van der Waals surface area contributed by atoms with Crippen LogP contribution in [-0.2, 0) is 16.0 Å². The summed E-state index contributed by atoms with van der Waals surface area (Å²) in [6, 6.07) is 8.07. The Morgan fingerprint density at radius 1 is 1.30 bits per heavy atom. The van der Waals surface area contributed by atoms with Crippen molar-refractivity contribution in [1.82, 2.24) is 4.98 Å². The predicted molar refractivity (Wildman–Crippen MR) is 77.6 cm³/mol. The summed E-state index contributed by atoms with van der Waals surface area (Å²) >= 11 is 1.31. The van der Waals surface area contributed by atoms with Crippen molar-refractivity contribution in [2.75, 3.05) is 4.90 Å². The van der Waals surface area contributed by atoms with Crippen molar-refractivity contribution in [3.8, 4) is 0 Å².